The SMILES string of the molecule is COc1cccc(-n2cnc3ccc(-c4ccc(NC(=O)NCCN(C)C)cc4)cc32)c1. The minimum Gasteiger partial charge on any atom is -0.497 e. The van der Waals surface area contributed by atoms with E-state index in [1.165, 1.54) is 0 Å². The highest BCUT2D eigenvalue weighted by Crippen LogP contribution is 2.27. The molecule has 4 rings (SSSR count). The summed E-state index contributed by atoms with van der Waals surface area (Å²) in [6, 6.07) is 21.7. The lowest BCUT2D eigenvalue weighted by molar-refractivity contribution is 0.250. The Morgan fingerprint density at radius 1 is 1.03 bits per heavy atom. The predicted octanol–water partition coefficient (Wildman–Crippen LogP) is 4.38. The van der Waals surface area contributed by atoms with E-state index < -0.39 is 0 Å². The average Bonchev–Trinajstić information content (AvgIpc) is 3.22. The van der Waals surface area contributed by atoms with Crippen LogP contribution >= 0.6 is 0 Å². The Balaban J connectivity index is 1.53. The highest BCUT2D eigenvalue weighted by molar-refractivity contribution is 5.90. The number of benzene rings is 3. The first-order chi connectivity index (χ1) is 15.5. The molecule has 32 heavy (non-hydrogen) atoms. The third kappa shape index (κ3) is 4.90. The van der Waals surface area contributed by atoms with Gasteiger partial charge >= 0.3 is 6.03 Å². The Bertz CT molecular complexity index is 1210. The highest BCUT2D eigenvalue weighted by Gasteiger charge is 2.08. The summed E-state index contributed by atoms with van der Waals surface area (Å²) in [5.74, 6) is 0.800. The Kier molecular flexibility index (Phi) is 6.37. The fourth-order valence-corrected chi connectivity index (χ4v) is 3.47. The summed E-state index contributed by atoms with van der Waals surface area (Å²) in [5.41, 5.74) is 5.80. The Hall–Kier alpha value is -3.84. The van der Waals surface area contributed by atoms with E-state index in [9.17, 15) is 4.79 Å². The van der Waals surface area contributed by atoms with Gasteiger partial charge in [-0.05, 0) is 61.6 Å². The van der Waals surface area contributed by atoms with Gasteiger partial charge in [0.15, 0.2) is 0 Å². The van der Waals surface area contributed by atoms with Crippen LogP contribution in [0.25, 0.3) is 27.8 Å². The zero-order valence-electron chi connectivity index (χ0n) is 18.5. The van der Waals surface area contributed by atoms with Crippen LogP contribution in [-0.2, 0) is 0 Å². The van der Waals surface area contributed by atoms with E-state index in [1.54, 1.807) is 7.11 Å². The van der Waals surface area contributed by atoms with Crippen molar-refractivity contribution in [3.8, 4) is 22.6 Å². The molecule has 1 aromatic heterocycles. The van der Waals surface area contributed by atoms with Crippen LogP contribution in [0.15, 0.2) is 73.1 Å². The molecule has 0 spiro atoms. The molecule has 0 saturated carbocycles. The number of anilines is 1. The largest absolute Gasteiger partial charge is 0.497 e. The third-order valence-electron chi connectivity index (χ3n) is 5.20. The number of nitrogens with one attached hydrogen (secondary N) is 2. The minimum absolute atomic E-state index is 0.205. The molecular formula is C25H27N5O2. The van der Waals surface area contributed by atoms with E-state index in [-0.39, 0.29) is 6.03 Å². The van der Waals surface area contributed by atoms with Gasteiger partial charge in [0.2, 0.25) is 0 Å². The maximum absolute atomic E-state index is 12.0. The van der Waals surface area contributed by atoms with Gasteiger partial charge < -0.3 is 20.3 Å². The fraction of sp³-hybridized carbons (Fsp3) is 0.200. The molecule has 2 N–H and O–H groups in total. The number of likely N-dealkylation sites (N-methyl/N-ethyl adjacent to an activating group) is 1. The van der Waals surface area contributed by atoms with Gasteiger partial charge in [0.25, 0.3) is 0 Å². The molecule has 0 radical (unpaired) electrons. The number of carbonyl (C=O) groups is 1. The molecule has 7 heteroatoms. The third-order valence-corrected chi connectivity index (χ3v) is 5.20. The van der Waals surface area contributed by atoms with Crippen LogP contribution in [0, 0.1) is 0 Å². The number of fused-ring (bicyclic) bond motifs is 1. The Morgan fingerprint density at radius 2 is 1.81 bits per heavy atom. The maximum Gasteiger partial charge on any atom is 0.319 e. The molecule has 2 amide bonds. The smallest absolute Gasteiger partial charge is 0.319 e. The van der Waals surface area contributed by atoms with Crippen molar-refractivity contribution >= 4 is 22.8 Å². The molecule has 0 bridgehead atoms. The van der Waals surface area contributed by atoms with E-state index in [1.807, 2.05) is 79.9 Å². The van der Waals surface area contributed by atoms with Gasteiger partial charge in [-0.25, -0.2) is 9.78 Å². The van der Waals surface area contributed by atoms with Crippen LogP contribution < -0.4 is 15.4 Å². The Morgan fingerprint density at radius 3 is 2.56 bits per heavy atom. The van der Waals surface area contributed by atoms with Crippen molar-refractivity contribution in [3.05, 3.63) is 73.1 Å². The molecule has 0 atom stereocenters. The molecule has 4 aromatic rings. The molecule has 7 nitrogen and oxygen atoms in total. The molecular weight excluding hydrogens is 402 g/mol. The lowest BCUT2D eigenvalue weighted by Gasteiger charge is -2.11. The summed E-state index contributed by atoms with van der Waals surface area (Å²) in [5, 5.41) is 5.71. The van der Waals surface area contributed by atoms with Gasteiger partial charge in [-0.3, -0.25) is 4.57 Å². The number of hydrogen-bond acceptors (Lipinski definition) is 4. The number of hydrogen-bond donors (Lipinski definition) is 2. The van der Waals surface area contributed by atoms with Gasteiger partial charge in [0.1, 0.15) is 12.1 Å². The van der Waals surface area contributed by atoms with Gasteiger partial charge in [0.05, 0.1) is 23.8 Å². The summed E-state index contributed by atoms with van der Waals surface area (Å²) in [7, 11) is 5.60. The monoisotopic (exact) mass is 429 g/mol. The van der Waals surface area contributed by atoms with E-state index in [0.29, 0.717) is 6.54 Å². The fourth-order valence-electron chi connectivity index (χ4n) is 3.47. The lowest BCUT2D eigenvalue weighted by Crippen LogP contribution is -2.34. The van der Waals surface area contributed by atoms with Crippen molar-refractivity contribution in [2.75, 3.05) is 39.6 Å². The molecule has 164 valence electrons. The summed E-state index contributed by atoms with van der Waals surface area (Å²) < 4.78 is 7.41. The predicted molar refractivity (Wildman–Crippen MR) is 129 cm³/mol. The van der Waals surface area contributed by atoms with Crippen molar-refractivity contribution in [2.45, 2.75) is 0 Å². The number of carbonyl (C=O) groups excluding carboxylic acids is 1. The topological polar surface area (TPSA) is 71.4 Å². The van der Waals surface area contributed by atoms with Crippen molar-refractivity contribution in [1.82, 2.24) is 19.8 Å². The average molecular weight is 430 g/mol. The van der Waals surface area contributed by atoms with Crippen LogP contribution in [0.4, 0.5) is 10.5 Å². The second kappa shape index (κ2) is 9.53. The normalized spacial score (nSPS) is 11.0. The molecule has 0 aliphatic carbocycles. The van der Waals surface area contributed by atoms with Crippen LogP contribution in [0.3, 0.4) is 0 Å². The summed E-state index contributed by atoms with van der Waals surface area (Å²) in [6.07, 6.45) is 1.82. The number of rotatable bonds is 7. The quantitative estimate of drug-likeness (QED) is 0.457. The van der Waals surface area contributed by atoms with E-state index in [2.05, 4.69) is 32.3 Å². The summed E-state index contributed by atoms with van der Waals surface area (Å²) in [6.45, 7) is 1.39. The van der Waals surface area contributed by atoms with Gasteiger partial charge in [-0.1, -0.05) is 24.3 Å². The number of urea groups is 1. The van der Waals surface area contributed by atoms with Crippen molar-refractivity contribution in [1.29, 1.82) is 0 Å². The zero-order valence-corrected chi connectivity index (χ0v) is 18.5. The minimum atomic E-state index is -0.205. The number of imidazole rings is 1. The van der Waals surface area contributed by atoms with E-state index >= 15 is 0 Å². The molecule has 0 fully saturated rings. The van der Waals surface area contributed by atoms with Crippen molar-refractivity contribution in [3.63, 3.8) is 0 Å². The first-order valence-corrected chi connectivity index (χ1v) is 10.4. The molecule has 0 aliphatic rings. The number of methoxy groups -OCH3 is 1. The maximum atomic E-state index is 12.0. The molecule has 0 aliphatic heterocycles. The zero-order chi connectivity index (χ0) is 22.5. The van der Waals surface area contributed by atoms with E-state index in [4.69, 9.17) is 4.74 Å². The number of amides is 2. The number of ether oxygens (including phenoxy) is 1. The molecule has 1 heterocycles. The van der Waals surface area contributed by atoms with Gasteiger partial charge in [-0.2, -0.15) is 0 Å². The summed E-state index contributed by atoms with van der Waals surface area (Å²) in [4.78, 5) is 18.6. The Labute approximate surface area is 187 Å². The number of nitrogens with zero attached hydrogens (tertiary/aromatic N) is 3. The summed E-state index contributed by atoms with van der Waals surface area (Å²) >= 11 is 0. The van der Waals surface area contributed by atoms with Crippen molar-refractivity contribution < 1.29 is 9.53 Å². The molecule has 3 aromatic carbocycles. The van der Waals surface area contributed by atoms with Crippen LogP contribution in [0.5, 0.6) is 5.75 Å². The van der Waals surface area contributed by atoms with Crippen LogP contribution in [0.1, 0.15) is 0 Å². The molecule has 0 unspecified atom stereocenters. The first-order valence-electron chi connectivity index (χ1n) is 10.4. The second-order valence-electron chi connectivity index (χ2n) is 7.78. The van der Waals surface area contributed by atoms with E-state index in [0.717, 1.165) is 45.8 Å². The standard InChI is InChI=1S/C25H27N5O2/c1-29(2)14-13-26-25(31)28-20-10-7-18(8-11-20)19-9-12-23-24(15-19)30(17-27-23)21-5-4-6-22(16-21)32-3/h4-12,15-17H,13-14H2,1-3H3,(H2,26,28,31). The lowest BCUT2D eigenvalue weighted by atomic mass is 10.0. The van der Waals surface area contributed by atoms with Gasteiger partial charge in [-0.15, -0.1) is 0 Å². The second-order valence-corrected chi connectivity index (χ2v) is 7.78. The molecule has 0 saturated heterocycles. The van der Waals surface area contributed by atoms with Crippen LogP contribution in [0.2, 0.25) is 0 Å². The van der Waals surface area contributed by atoms with Crippen molar-refractivity contribution in [2.24, 2.45) is 0 Å². The number of aromatic nitrogens is 2. The van der Waals surface area contributed by atoms with Crippen LogP contribution in [-0.4, -0.2) is 54.8 Å². The van der Waals surface area contributed by atoms with Gasteiger partial charge in [0, 0.05) is 24.8 Å². The first kappa shape index (κ1) is 21.4. The highest BCUT2D eigenvalue weighted by atomic mass is 16.5.